The van der Waals surface area contributed by atoms with E-state index in [2.05, 4.69) is 5.32 Å². The van der Waals surface area contributed by atoms with Crippen LogP contribution in [-0.4, -0.2) is 73.5 Å². The average molecular weight is 379 g/mol. The number of carbonyl (C=O) groups is 2. The molecule has 3 amide bonds. The van der Waals surface area contributed by atoms with Gasteiger partial charge < -0.3 is 20.0 Å². The summed E-state index contributed by atoms with van der Waals surface area (Å²) in [4.78, 5) is 30.7. The van der Waals surface area contributed by atoms with Crippen molar-refractivity contribution >= 4 is 23.5 Å². The first-order chi connectivity index (χ1) is 12.5. The summed E-state index contributed by atoms with van der Waals surface area (Å²) in [5.41, 5.74) is 0.995. The van der Waals surface area contributed by atoms with Crippen molar-refractivity contribution in [2.75, 3.05) is 46.8 Å². The van der Waals surface area contributed by atoms with Crippen molar-refractivity contribution in [1.82, 2.24) is 20.0 Å². The number of carbonyl (C=O) groups excluding carboxylic acids is 2. The van der Waals surface area contributed by atoms with E-state index >= 15 is 0 Å². The normalized spacial score (nSPS) is 21.6. The second kappa shape index (κ2) is 8.27. The topological polar surface area (TPSA) is 55.9 Å². The molecular weight excluding hydrogens is 352 g/mol. The van der Waals surface area contributed by atoms with Crippen LogP contribution >= 0.6 is 11.6 Å². The van der Waals surface area contributed by atoms with Crippen LogP contribution in [0.15, 0.2) is 24.3 Å². The van der Waals surface area contributed by atoms with Crippen molar-refractivity contribution in [3.63, 3.8) is 0 Å². The Labute approximate surface area is 160 Å². The third-order valence-corrected chi connectivity index (χ3v) is 5.63. The fraction of sp³-hybridized carbons (Fsp3) is 0.579. The van der Waals surface area contributed by atoms with Gasteiger partial charge in [0.1, 0.15) is 0 Å². The first-order valence-corrected chi connectivity index (χ1v) is 9.58. The number of nitrogens with zero attached hydrogens (tertiary/aromatic N) is 3. The largest absolute Gasteiger partial charge is 0.333 e. The predicted octanol–water partition coefficient (Wildman–Crippen LogP) is 2.21. The highest BCUT2D eigenvalue weighted by Gasteiger charge is 2.35. The maximum atomic E-state index is 13.2. The third kappa shape index (κ3) is 3.96. The molecule has 2 heterocycles. The molecule has 26 heavy (non-hydrogen) atoms. The summed E-state index contributed by atoms with van der Waals surface area (Å²) >= 11 is 6.38. The van der Waals surface area contributed by atoms with Gasteiger partial charge in [-0.2, -0.15) is 0 Å². The van der Waals surface area contributed by atoms with Crippen molar-refractivity contribution in [2.45, 2.75) is 18.9 Å². The highest BCUT2D eigenvalue weighted by molar-refractivity contribution is 6.31. The number of benzene rings is 1. The molecule has 1 unspecified atom stereocenters. The Morgan fingerprint density at radius 1 is 1.15 bits per heavy atom. The van der Waals surface area contributed by atoms with Crippen molar-refractivity contribution in [3.8, 4) is 0 Å². The van der Waals surface area contributed by atoms with Crippen molar-refractivity contribution in [1.29, 1.82) is 0 Å². The SMILES string of the molecule is CN(C)C(=O)N1CCC(C(=O)N2CCNCC2c2ccccc2Cl)CC1. The molecule has 0 bridgehead atoms. The number of urea groups is 1. The minimum absolute atomic E-state index is 0.0204. The van der Waals surface area contributed by atoms with E-state index in [9.17, 15) is 9.59 Å². The highest BCUT2D eigenvalue weighted by atomic mass is 35.5. The van der Waals surface area contributed by atoms with Gasteiger partial charge in [0, 0.05) is 57.8 Å². The minimum Gasteiger partial charge on any atom is -0.333 e. The molecule has 0 radical (unpaired) electrons. The van der Waals surface area contributed by atoms with E-state index in [0.717, 1.165) is 24.9 Å². The Morgan fingerprint density at radius 2 is 1.85 bits per heavy atom. The summed E-state index contributed by atoms with van der Waals surface area (Å²) in [6.07, 6.45) is 1.44. The summed E-state index contributed by atoms with van der Waals surface area (Å²) < 4.78 is 0. The first kappa shape index (κ1) is 19.0. The van der Waals surface area contributed by atoms with Gasteiger partial charge in [0.2, 0.25) is 5.91 Å². The number of nitrogens with one attached hydrogen (secondary N) is 1. The van der Waals surface area contributed by atoms with Crippen molar-refractivity contribution in [3.05, 3.63) is 34.9 Å². The van der Waals surface area contributed by atoms with Crippen molar-refractivity contribution in [2.24, 2.45) is 5.92 Å². The standard InChI is InChI=1S/C19H27ClN4O2/c1-22(2)19(26)23-10-7-14(8-11-23)18(25)24-12-9-21-13-17(24)15-5-3-4-6-16(15)20/h3-6,14,17,21H,7-13H2,1-2H3. The lowest BCUT2D eigenvalue weighted by molar-refractivity contribution is -0.140. The van der Waals surface area contributed by atoms with E-state index in [0.29, 0.717) is 31.2 Å². The number of rotatable bonds is 2. The molecule has 0 spiro atoms. The Kier molecular flexibility index (Phi) is 6.04. The molecule has 0 aromatic heterocycles. The van der Waals surface area contributed by atoms with Crippen LogP contribution in [-0.2, 0) is 4.79 Å². The fourth-order valence-corrected chi connectivity index (χ4v) is 4.09. The van der Waals surface area contributed by atoms with Crippen LogP contribution in [0.5, 0.6) is 0 Å². The molecule has 1 N–H and O–H groups in total. The third-order valence-electron chi connectivity index (χ3n) is 5.29. The number of likely N-dealkylation sites (tertiary alicyclic amines) is 1. The van der Waals surface area contributed by atoms with Gasteiger partial charge in [0.15, 0.2) is 0 Å². The average Bonchev–Trinajstić information content (AvgIpc) is 2.67. The van der Waals surface area contributed by atoms with Gasteiger partial charge in [-0.05, 0) is 24.5 Å². The van der Waals surface area contributed by atoms with Gasteiger partial charge >= 0.3 is 6.03 Å². The highest BCUT2D eigenvalue weighted by Crippen LogP contribution is 2.31. The number of piperidine rings is 1. The van der Waals surface area contributed by atoms with E-state index < -0.39 is 0 Å². The molecule has 2 fully saturated rings. The van der Waals surface area contributed by atoms with Crippen LogP contribution < -0.4 is 5.32 Å². The lowest BCUT2D eigenvalue weighted by Crippen LogP contribution is -2.52. The zero-order valence-corrected chi connectivity index (χ0v) is 16.2. The molecule has 142 valence electrons. The van der Waals surface area contributed by atoms with Crippen LogP contribution in [0.4, 0.5) is 4.79 Å². The van der Waals surface area contributed by atoms with Gasteiger partial charge in [0.25, 0.3) is 0 Å². The summed E-state index contributed by atoms with van der Waals surface area (Å²) in [7, 11) is 3.52. The number of hydrogen-bond acceptors (Lipinski definition) is 3. The number of hydrogen-bond donors (Lipinski definition) is 1. The Bertz CT molecular complexity index is 659. The minimum atomic E-state index is -0.0358. The van der Waals surface area contributed by atoms with Gasteiger partial charge in [-0.25, -0.2) is 4.79 Å². The maximum Gasteiger partial charge on any atom is 0.319 e. The quantitative estimate of drug-likeness (QED) is 0.858. The van der Waals surface area contributed by atoms with E-state index in [4.69, 9.17) is 11.6 Å². The molecule has 1 aromatic rings. The monoisotopic (exact) mass is 378 g/mol. The molecule has 0 saturated carbocycles. The Balaban J connectivity index is 1.68. The molecule has 2 aliphatic rings. The lowest BCUT2D eigenvalue weighted by Gasteiger charge is -2.41. The molecule has 3 rings (SSSR count). The maximum absolute atomic E-state index is 13.2. The van der Waals surface area contributed by atoms with Crippen LogP contribution in [0.25, 0.3) is 0 Å². The van der Waals surface area contributed by atoms with Gasteiger partial charge in [0.05, 0.1) is 6.04 Å². The van der Waals surface area contributed by atoms with Crippen LogP contribution in [0, 0.1) is 5.92 Å². The molecule has 2 aliphatic heterocycles. The zero-order valence-electron chi connectivity index (χ0n) is 15.4. The molecular formula is C19H27ClN4O2. The lowest BCUT2D eigenvalue weighted by atomic mass is 9.93. The molecule has 2 saturated heterocycles. The molecule has 6 nitrogen and oxygen atoms in total. The summed E-state index contributed by atoms with van der Waals surface area (Å²) in [5.74, 6) is 0.165. The van der Waals surface area contributed by atoms with Gasteiger partial charge in [-0.1, -0.05) is 29.8 Å². The smallest absolute Gasteiger partial charge is 0.319 e. The van der Waals surface area contributed by atoms with Crippen LogP contribution in [0.3, 0.4) is 0 Å². The second-order valence-electron chi connectivity index (χ2n) is 7.21. The molecule has 1 aromatic carbocycles. The number of amides is 3. The van der Waals surface area contributed by atoms with Crippen LogP contribution in [0.1, 0.15) is 24.4 Å². The van der Waals surface area contributed by atoms with Gasteiger partial charge in [-0.3, -0.25) is 4.79 Å². The summed E-state index contributed by atoms with van der Waals surface area (Å²) in [6.45, 7) is 3.47. The number of halogens is 1. The Morgan fingerprint density at radius 3 is 2.50 bits per heavy atom. The van der Waals surface area contributed by atoms with E-state index in [-0.39, 0.29) is 23.9 Å². The molecule has 7 heteroatoms. The first-order valence-electron chi connectivity index (χ1n) is 9.21. The molecule has 0 aliphatic carbocycles. The fourth-order valence-electron chi connectivity index (χ4n) is 3.83. The summed E-state index contributed by atoms with van der Waals surface area (Å²) in [5, 5.41) is 4.07. The zero-order chi connectivity index (χ0) is 18.7. The van der Waals surface area contributed by atoms with Crippen molar-refractivity contribution < 1.29 is 9.59 Å². The second-order valence-corrected chi connectivity index (χ2v) is 7.62. The predicted molar refractivity (Wildman–Crippen MR) is 102 cm³/mol. The van der Waals surface area contributed by atoms with E-state index in [1.54, 1.807) is 19.0 Å². The number of piperazine rings is 1. The van der Waals surface area contributed by atoms with Gasteiger partial charge in [-0.15, -0.1) is 0 Å². The Hall–Kier alpha value is -1.79. The molecule has 1 atom stereocenters. The van der Waals surface area contributed by atoms with E-state index in [1.165, 1.54) is 0 Å². The summed E-state index contributed by atoms with van der Waals surface area (Å²) in [6, 6.07) is 7.73. The van der Waals surface area contributed by atoms with Crippen LogP contribution in [0.2, 0.25) is 5.02 Å². The van der Waals surface area contributed by atoms with E-state index in [1.807, 2.05) is 34.1 Å².